The van der Waals surface area contributed by atoms with Gasteiger partial charge in [-0.05, 0) is 24.8 Å². The van der Waals surface area contributed by atoms with Crippen molar-refractivity contribution in [3.05, 3.63) is 35.9 Å². The van der Waals surface area contributed by atoms with Gasteiger partial charge in [0.25, 0.3) is 0 Å². The van der Waals surface area contributed by atoms with Gasteiger partial charge in [0.1, 0.15) is 5.41 Å². The fraction of sp³-hybridized carbons (Fsp3) is 0.533. The molecule has 0 radical (unpaired) electrons. The van der Waals surface area contributed by atoms with Crippen LogP contribution in [0.1, 0.15) is 24.8 Å². The number of benzene rings is 1. The summed E-state index contributed by atoms with van der Waals surface area (Å²) in [4.78, 5) is 12.3. The van der Waals surface area contributed by atoms with E-state index in [0.717, 1.165) is 25.0 Å². The minimum absolute atomic E-state index is 0.0860. The van der Waals surface area contributed by atoms with Gasteiger partial charge >= 0.3 is 5.97 Å². The van der Waals surface area contributed by atoms with Crippen molar-refractivity contribution in [3.63, 3.8) is 0 Å². The van der Waals surface area contributed by atoms with Gasteiger partial charge in [0.15, 0.2) is 0 Å². The van der Waals surface area contributed by atoms with Crippen LogP contribution in [0.2, 0.25) is 0 Å². The molecule has 2 atom stereocenters. The third-order valence-electron chi connectivity index (χ3n) is 3.85. The van der Waals surface area contributed by atoms with Gasteiger partial charge in [0.2, 0.25) is 0 Å². The van der Waals surface area contributed by atoms with Gasteiger partial charge in [-0.25, -0.2) is 0 Å². The molecule has 1 fully saturated rings. The Morgan fingerprint density at radius 3 is 2.74 bits per heavy atom. The Balaban J connectivity index is 2.32. The van der Waals surface area contributed by atoms with E-state index in [1.165, 1.54) is 7.11 Å². The third-order valence-corrected chi connectivity index (χ3v) is 3.85. The van der Waals surface area contributed by atoms with E-state index in [4.69, 9.17) is 15.2 Å². The highest BCUT2D eigenvalue weighted by molar-refractivity contribution is 5.83. The van der Waals surface area contributed by atoms with Gasteiger partial charge in [-0.15, -0.1) is 0 Å². The molecule has 1 aromatic carbocycles. The number of methoxy groups -OCH3 is 1. The molecule has 2 unspecified atom stereocenters. The van der Waals surface area contributed by atoms with Crippen LogP contribution in [-0.4, -0.2) is 32.3 Å². The average molecular weight is 263 g/mol. The van der Waals surface area contributed by atoms with Crippen molar-refractivity contribution in [2.24, 2.45) is 5.73 Å². The van der Waals surface area contributed by atoms with Crippen LogP contribution in [0.25, 0.3) is 0 Å². The third kappa shape index (κ3) is 2.80. The van der Waals surface area contributed by atoms with Gasteiger partial charge in [0.05, 0.1) is 13.2 Å². The molecule has 19 heavy (non-hydrogen) atoms. The molecule has 4 heteroatoms. The summed E-state index contributed by atoms with van der Waals surface area (Å²) < 4.78 is 10.7. The van der Waals surface area contributed by atoms with Crippen molar-refractivity contribution in [2.45, 2.75) is 30.8 Å². The molecule has 1 aromatic rings. The number of ether oxygens (including phenoxy) is 2. The van der Waals surface area contributed by atoms with Crippen LogP contribution in [-0.2, 0) is 19.7 Å². The van der Waals surface area contributed by atoms with Gasteiger partial charge in [-0.1, -0.05) is 30.3 Å². The first-order valence-electron chi connectivity index (χ1n) is 6.68. The maximum atomic E-state index is 12.3. The summed E-state index contributed by atoms with van der Waals surface area (Å²) in [6.07, 6.45) is 2.69. The lowest BCUT2D eigenvalue weighted by molar-refractivity contribution is -0.148. The van der Waals surface area contributed by atoms with Crippen LogP contribution in [0.3, 0.4) is 0 Å². The molecule has 0 amide bonds. The Morgan fingerprint density at radius 2 is 2.21 bits per heavy atom. The fourth-order valence-electron chi connectivity index (χ4n) is 2.75. The number of carbonyl (C=O) groups excluding carboxylic acids is 1. The van der Waals surface area contributed by atoms with E-state index >= 15 is 0 Å². The SMILES string of the molecule is COC(=O)C(CN)(CC1CCCO1)c1ccccc1. The van der Waals surface area contributed by atoms with Crippen molar-refractivity contribution in [3.8, 4) is 0 Å². The summed E-state index contributed by atoms with van der Waals surface area (Å²) in [7, 11) is 1.41. The average Bonchev–Trinajstić information content (AvgIpc) is 2.97. The zero-order chi connectivity index (χ0) is 13.7. The molecule has 1 heterocycles. The number of carbonyl (C=O) groups is 1. The Bertz CT molecular complexity index is 415. The van der Waals surface area contributed by atoms with Gasteiger partial charge in [-0.2, -0.15) is 0 Å². The van der Waals surface area contributed by atoms with Gasteiger partial charge < -0.3 is 15.2 Å². The van der Waals surface area contributed by atoms with Crippen molar-refractivity contribution in [1.29, 1.82) is 0 Å². The zero-order valence-electron chi connectivity index (χ0n) is 11.3. The Kier molecular flexibility index (Phi) is 4.56. The number of rotatable bonds is 5. The normalized spacial score (nSPS) is 21.9. The van der Waals surface area contributed by atoms with E-state index in [0.29, 0.717) is 6.42 Å². The second kappa shape index (κ2) is 6.17. The van der Waals surface area contributed by atoms with E-state index in [1.54, 1.807) is 0 Å². The molecule has 0 aliphatic carbocycles. The fourth-order valence-corrected chi connectivity index (χ4v) is 2.75. The Morgan fingerprint density at radius 1 is 1.47 bits per heavy atom. The Hall–Kier alpha value is -1.39. The summed E-state index contributed by atoms with van der Waals surface area (Å²) in [6.45, 7) is 0.991. The second-order valence-corrected chi connectivity index (χ2v) is 4.98. The lowest BCUT2D eigenvalue weighted by atomic mass is 9.75. The monoisotopic (exact) mass is 263 g/mol. The van der Waals surface area contributed by atoms with Crippen molar-refractivity contribution < 1.29 is 14.3 Å². The lowest BCUT2D eigenvalue weighted by Gasteiger charge is -2.32. The predicted molar refractivity (Wildman–Crippen MR) is 72.8 cm³/mol. The van der Waals surface area contributed by atoms with Crippen LogP contribution in [0.4, 0.5) is 0 Å². The van der Waals surface area contributed by atoms with Gasteiger partial charge in [0, 0.05) is 13.2 Å². The molecule has 0 spiro atoms. The molecule has 0 aromatic heterocycles. The van der Waals surface area contributed by atoms with Crippen LogP contribution < -0.4 is 5.73 Å². The largest absolute Gasteiger partial charge is 0.468 e. The van der Waals surface area contributed by atoms with E-state index in [1.807, 2.05) is 30.3 Å². The van der Waals surface area contributed by atoms with Gasteiger partial charge in [-0.3, -0.25) is 4.79 Å². The van der Waals surface area contributed by atoms with Crippen LogP contribution in [0, 0.1) is 0 Å². The maximum Gasteiger partial charge on any atom is 0.317 e. The first-order chi connectivity index (χ1) is 9.23. The minimum atomic E-state index is -0.801. The van der Waals surface area contributed by atoms with Crippen molar-refractivity contribution >= 4 is 5.97 Å². The molecule has 0 saturated carbocycles. The topological polar surface area (TPSA) is 61.5 Å². The molecule has 0 bridgehead atoms. The van der Waals surface area contributed by atoms with E-state index in [2.05, 4.69) is 0 Å². The maximum absolute atomic E-state index is 12.3. The molecular formula is C15H21NO3. The summed E-state index contributed by atoms with van der Waals surface area (Å²) in [5.74, 6) is -0.281. The first kappa shape index (κ1) is 14.0. The summed E-state index contributed by atoms with van der Waals surface area (Å²) >= 11 is 0. The van der Waals surface area contributed by atoms with Crippen LogP contribution >= 0.6 is 0 Å². The number of hydrogen-bond acceptors (Lipinski definition) is 4. The van der Waals surface area contributed by atoms with E-state index < -0.39 is 5.41 Å². The smallest absolute Gasteiger partial charge is 0.317 e. The lowest BCUT2D eigenvalue weighted by Crippen LogP contribution is -2.46. The molecule has 104 valence electrons. The Labute approximate surface area is 113 Å². The quantitative estimate of drug-likeness (QED) is 0.820. The highest BCUT2D eigenvalue weighted by Gasteiger charge is 2.43. The molecule has 1 aliphatic heterocycles. The molecule has 1 saturated heterocycles. The number of nitrogens with two attached hydrogens (primary N) is 1. The molecule has 4 nitrogen and oxygen atoms in total. The summed E-state index contributed by atoms with van der Waals surface area (Å²) in [6, 6.07) is 9.61. The summed E-state index contributed by atoms with van der Waals surface area (Å²) in [5, 5.41) is 0. The van der Waals surface area contributed by atoms with E-state index in [-0.39, 0.29) is 18.6 Å². The predicted octanol–water partition coefficient (Wildman–Crippen LogP) is 1.63. The molecule has 2 N–H and O–H groups in total. The van der Waals surface area contributed by atoms with E-state index in [9.17, 15) is 4.79 Å². The highest BCUT2D eigenvalue weighted by Crippen LogP contribution is 2.33. The number of hydrogen-bond donors (Lipinski definition) is 1. The zero-order valence-corrected chi connectivity index (χ0v) is 11.3. The standard InChI is InChI=1S/C15H21NO3/c1-18-14(17)15(11-16,10-13-8-5-9-19-13)12-6-3-2-4-7-12/h2-4,6-7,13H,5,8-11,16H2,1H3. The molecule has 2 rings (SSSR count). The number of esters is 1. The van der Waals surface area contributed by atoms with Crippen LogP contribution in [0.5, 0.6) is 0 Å². The second-order valence-electron chi connectivity index (χ2n) is 4.98. The van der Waals surface area contributed by atoms with Crippen molar-refractivity contribution in [1.82, 2.24) is 0 Å². The summed E-state index contributed by atoms with van der Waals surface area (Å²) in [5.41, 5.74) is 6.04. The minimum Gasteiger partial charge on any atom is -0.468 e. The van der Waals surface area contributed by atoms with Crippen LogP contribution in [0.15, 0.2) is 30.3 Å². The molecule has 1 aliphatic rings. The first-order valence-corrected chi connectivity index (χ1v) is 6.68. The highest BCUT2D eigenvalue weighted by atomic mass is 16.5. The molecular weight excluding hydrogens is 242 g/mol. The van der Waals surface area contributed by atoms with Crippen molar-refractivity contribution in [2.75, 3.05) is 20.3 Å².